The first-order valence-electron chi connectivity index (χ1n) is 8.69. The van der Waals surface area contributed by atoms with Gasteiger partial charge in [0.25, 0.3) is 0 Å². The summed E-state index contributed by atoms with van der Waals surface area (Å²) in [6, 6.07) is 0.386. The molecule has 4 heterocycles. The zero-order valence-electron chi connectivity index (χ0n) is 14.1. The molecule has 0 bridgehead atoms. The summed E-state index contributed by atoms with van der Waals surface area (Å²) < 4.78 is 13.4. The van der Waals surface area contributed by atoms with E-state index in [0.29, 0.717) is 25.9 Å². The minimum atomic E-state index is -0.624. The van der Waals surface area contributed by atoms with E-state index in [9.17, 15) is 5.11 Å². The van der Waals surface area contributed by atoms with Gasteiger partial charge in [-0.25, -0.2) is 0 Å². The van der Waals surface area contributed by atoms with Crippen LogP contribution in [-0.2, 0) is 23.1 Å². The third-order valence-electron chi connectivity index (χ3n) is 6.18. The standard InChI is InChI=1S/C17H27N3O3/c1-12-7-18-19(2)16(12)9-20-8-13-10-23-6-4-17(13,21)14-11-22-5-3-15(14)20/h7,13-15,21H,3-6,8-11H2,1-2H3/t13-,14+,15-,17-/m1/s1. The van der Waals surface area contributed by atoms with Crippen LogP contribution in [0.5, 0.6) is 0 Å². The van der Waals surface area contributed by atoms with E-state index in [2.05, 4.69) is 16.9 Å². The van der Waals surface area contributed by atoms with E-state index in [1.165, 1.54) is 11.3 Å². The van der Waals surface area contributed by atoms with Gasteiger partial charge in [0, 0.05) is 57.6 Å². The molecule has 4 rings (SSSR count). The van der Waals surface area contributed by atoms with Crippen molar-refractivity contribution in [1.82, 2.24) is 14.7 Å². The van der Waals surface area contributed by atoms with Gasteiger partial charge in [0.05, 0.1) is 30.7 Å². The molecule has 0 spiro atoms. The van der Waals surface area contributed by atoms with Crippen LogP contribution in [0.1, 0.15) is 24.1 Å². The van der Waals surface area contributed by atoms with Crippen LogP contribution >= 0.6 is 0 Å². The Morgan fingerprint density at radius 2 is 2.17 bits per heavy atom. The van der Waals surface area contributed by atoms with Gasteiger partial charge in [0.1, 0.15) is 0 Å². The summed E-state index contributed by atoms with van der Waals surface area (Å²) >= 11 is 0. The molecule has 6 nitrogen and oxygen atoms in total. The molecular formula is C17H27N3O3. The summed E-state index contributed by atoms with van der Waals surface area (Å²) in [6.45, 7) is 6.67. The number of nitrogens with zero attached hydrogens (tertiary/aromatic N) is 3. The van der Waals surface area contributed by atoms with Gasteiger partial charge >= 0.3 is 0 Å². The first-order chi connectivity index (χ1) is 11.1. The lowest BCUT2D eigenvalue weighted by Crippen LogP contribution is -2.67. The number of likely N-dealkylation sites (tertiary alicyclic amines) is 1. The molecule has 4 atom stereocenters. The van der Waals surface area contributed by atoms with Crippen LogP contribution in [0, 0.1) is 18.8 Å². The van der Waals surface area contributed by atoms with Crippen LogP contribution in [-0.4, -0.2) is 64.4 Å². The van der Waals surface area contributed by atoms with E-state index in [1.54, 1.807) is 0 Å². The molecule has 0 aromatic carbocycles. The number of aryl methyl sites for hydroxylation is 2. The topological polar surface area (TPSA) is 59.8 Å². The van der Waals surface area contributed by atoms with Crippen LogP contribution in [0.2, 0.25) is 0 Å². The highest BCUT2D eigenvalue weighted by Crippen LogP contribution is 2.44. The second kappa shape index (κ2) is 5.84. The highest BCUT2D eigenvalue weighted by Gasteiger charge is 2.55. The smallest absolute Gasteiger partial charge is 0.0796 e. The first kappa shape index (κ1) is 15.6. The van der Waals surface area contributed by atoms with Crippen molar-refractivity contribution in [2.45, 2.75) is 38.0 Å². The fourth-order valence-corrected chi connectivity index (χ4v) is 4.74. The molecule has 0 aliphatic carbocycles. The molecule has 6 heteroatoms. The molecular weight excluding hydrogens is 294 g/mol. The fourth-order valence-electron chi connectivity index (χ4n) is 4.74. The molecule has 0 unspecified atom stereocenters. The lowest BCUT2D eigenvalue weighted by Gasteiger charge is -2.57. The molecule has 23 heavy (non-hydrogen) atoms. The normalized spacial score (nSPS) is 38.1. The van der Waals surface area contributed by atoms with Crippen molar-refractivity contribution < 1.29 is 14.6 Å². The molecule has 3 fully saturated rings. The number of aromatic nitrogens is 2. The van der Waals surface area contributed by atoms with Crippen LogP contribution in [0.15, 0.2) is 6.20 Å². The molecule has 3 aliphatic rings. The number of rotatable bonds is 2. The van der Waals surface area contributed by atoms with Crippen molar-refractivity contribution in [3.63, 3.8) is 0 Å². The number of piperidine rings is 1. The van der Waals surface area contributed by atoms with Gasteiger partial charge in [-0.2, -0.15) is 5.10 Å². The molecule has 128 valence electrons. The van der Waals surface area contributed by atoms with Crippen molar-refractivity contribution >= 4 is 0 Å². The fraction of sp³-hybridized carbons (Fsp3) is 0.824. The minimum absolute atomic E-state index is 0.174. The Balaban J connectivity index is 1.62. The summed E-state index contributed by atoms with van der Waals surface area (Å²) in [5.41, 5.74) is 1.87. The largest absolute Gasteiger partial charge is 0.389 e. The van der Waals surface area contributed by atoms with Gasteiger partial charge < -0.3 is 14.6 Å². The Labute approximate surface area is 137 Å². The van der Waals surface area contributed by atoms with Crippen LogP contribution < -0.4 is 0 Å². The summed E-state index contributed by atoms with van der Waals surface area (Å²) in [5.74, 6) is 0.361. The van der Waals surface area contributed by atoms with Crippen LogP contribution in [0.4, 0.5) is 0 Å². The van der Waals surface area contributed by atoms with Gasteiger partial charge in [-0.15, -0.1) is 0 Å². The van der Waals surface area contributed by atoms with Gasteiger partial charge in [0.2, 0.25) is 0 Å². The Bertz CT molecular complexity index is 556. The quantitative estimate of drug-likeness (QED) is 0.870. The van der Waals surface area contributed by atoms with Crippen molar-refractivity contribution in [2.24, 2.45) is 18.9 Å². The average molecular weight is 321 g/mol. The second-order valence-corrected chi connectivity index (χ2v) is 7.38. The zero-order valence-corrected chi connectivity index (χ0v) is 14.1. The highest BCUT2D eigenvalue weighted by molar-refractivity contribution is 5.16. The first-order valence-corrected chi connectivity index (χ1v) is 8.69. The van der Waals surface area contributed by atoms with E-state index in [1.807, 2.05) is 17.9 Å². The lowest BCUT2D eigenvalue weighted by molar-refractivity contribution is -0.221. The SMILES string of the molecule is Cc1cnn(C)c1CN1C[C@@H]2COCC[C@]2(O)[C@H]2COCC[C@H]21. The molecule has 0 amide bonds. The minimum Gasteiger partial charge on any atom is -0.389 e. The van der Waals surface area contributed by atoms with E-state index in [0.717, 1.165) is 32.5 Å². The number of ether oxygens (including phenoxy) is 2. The molecule has 1 aromatic rings. The Kier molecular flexibility index (Phi) is 3.96. The zero-order chi connectivity index (χ0) is 16.0. The van der Waals surface area contributed by atoms with Crippen LogP contribution in [0.3, 0.4) is 0 Å². The van der Waals surface area contributed by atoms with Gasteiger partial charge in [0.15, 0.2) is 0 Å². The maximum absolute atomic E-state index is 11.3. The van der Waals surface area contributed by atoms with Gasteiger partial charge in [-0.3, -0.25) is 9.58 Å². The highest BCUT2D eigenvalue weighted by atomic mass is 16.5. The van der Waals surface area contributed by atoms with Crippen molar-refractivity contribution in [2.75, 3.05) is 33.0 Å². The van der Waals surface area contributed by atoms with E-state index < -0.39 is 5.60 Å². The maximum atomic E-state index is 11.3. The molecule has 3 saturated heterocycles. The predicted octanol–water partition coefficient (Wildman–Crippen LogP) is 0.717. The van der Waals surface area contributed by atoms with E-state index in [-0.39, 0.29) is 11.8 Å². The number of fused-ring (bicyclic) bond motifs is 3. The third-order valence-corrected chi connectivity index (χ3v) is 6.18. The number of hydrogen-bond acceptors (Lipinski definition) is 5. The summed E-state index contributed by atoms with van der Waals surface area (Å²) in [4.78, 5) is 2.53. The Morgan fingerprint density at radius 1 is 1.35 bits per heavy atom. The van der Waals surface area contributed by atoms with Crippen LogP contribution in [0.25, 0.3) is 0 Å². The number of hydrogen-bond donors (Lipinski definition) is 1. The molecule has 1 N–H and O–H groups in total. The third kappa shape index (κ3) is 2.52. The summed E-state index contributed by atoms with van der Waals surface area (Å²) in [7, 11) is 2.01. The number of aliphatic hydroxyl groups is 1. The maximum Gasteiger partial charge on any atom is 0.0796 e. The Hall–Kier alpha value is -0.950. The average Bonchev–Trinajstić information content (AvgIpc) is 2.88. The lowest BCUT2D eigenvalue weighted by atomic mass is 9.66. The Morgan fingerprint density at radius 3 is 2.96 bits per heavy atom. The van der Waals surface area contributed by atoms with Crippen molar-refractivity contribution in [1.29, 1.82) is 0 Å². The van der Waals surface area contributed by atoms with Crippen molar-refractivity contribution in [3.05, 3.63) is 17.5 Å². The predicted molar refractivity (Wildman–Crippen MR) is 84.9 cm³/mol. The summed E-state index contributed by atoms with van der Waals surface area (Å²) in [5, 5.41) is 15.7. The van der Waals surface area contributed by atoms with Gasteiger partial charge in [-0.05, 0) is 18.9 Å². The molecule has 0 radical (unpaired) electrons. The summed E-state index contributed by atoms with van der Waals surface area (Å²) in [6.07, 6.45) is 3.67. The monoisotopic (exact) mass is 321 g/mol. The van der Waals surface area contributed by atoms with Gasteiger partial charge in [-0.1, -0.05) is 0 Å². The molecule has 1 aromatic heterocycles. The van der Waals surface area contributed by atoms with E-state index in [4.69, 9.17) is 9.47 Å². The second-order valence-electron chi connectivity index (χ2n) is 7.38. The van der Waals surface area contributed by atoms with E-state index >= 15 is 0 Å². The molecule has 3 aliphatic heterocycles. The molecule has 0 saturated carbocycles. The van der Waals surface area contributed by atoms with Crippen molar-refractivity contribution in [3.8, 4) is 0 Å².